The molecule has 0 unspecified atom stereocenters. The lowest BCUT2D eigenvalue weighted by Gasteiger charge is -2.20. The number of nitrogens with one attached hydrogen (secondary N) is 1. The molecule has 0 atom stereocenters. The number of halogens is 3. The molecule has 1 aliphatic heterocycles. The summed E-state index contributed by atoms with van der Waals surface area (Å²) in [6, 6.07) is 3.93. The van der Waals surface area contributed by atoms with E-state index in [-0.39, 0.29) is 5.91 Å². The number of nitrogens with zero attached hydrogens (tertiary/aromatic N) is 2. The van der Waals surface area contributed by atoms with Crippen molar-refractivity contribution in [2.75, 3.05) is 18.5 Å². The first-order chi connectivity index (χ1) is 10.7. The number of alkyl halides is 3. The maximum Gasteiger partial charge on any atom is 0.490 e. The number of aromatic nitrogens is 1. The lowest BCUT2D eigenvalue weighted by Crippen LogP contribution is -2.28. The van der Waals surface area contributed by atoms with Crippen LogP contribution in [0.5, 0.6) is 0 Å². The molecule has 6 nitrogen and oxygen atoms in total. The first-order valence-corrected chi connectivity index (χ1v) is 6.56. The molecule has 0 saturated heterocycles. The number of carbonyl (C=O) groups is 2. The molecular formula is C14H16F3N3O3. The van der Waals surface area contributed by atoms with Crippen molar-refractivity contribution in [3.8, 4) is 0 Å². The van der Waals surface area contributed by atoms with Gasteiger partial charge in [-0.1, -0.05) is 12.6 Å². The van der Waals surface area contributed by atoms with Crippen molar-refractivity contribution in [3.63, 3.8) is 0 Å². The third kappa shape index (κ3) is 5.37. The molecule has 0 radical (unpaired) electrons. The van der Waals surface area contributed by atoms with E-state index in [1.807, 2.05) is 12.1 Å². The molecule has 1 aromatic heterocycles. The molecule has 9 heteroatoms. The van der Waals surface area contributed by atoms with Gasteiger partial charge in [0.15, 0.2) is 0 Å². The standard InChI is InChI=1S/C12H15N3O.C2HF3O2/c1-3-12(16)15(2)11-5-4-9-6-7-13-8-10(9)14-11;3-2(4,5)1(6)7/h3-5,13H,1,6-8H2,2H3;(H,6,7). The van der Waals surface area contributed by atoms with Crippen molar-refractivity contribution in [1.29, 1.82) is 0 Å². The summed E-state index contributed by atoms with van der Waals surface area (Å²) in [4.78, 5) is 26.3. The van der Waals surface area contributed by atoms with Crippen LogP contribution in [0.3, 0.4) is 0 Å². The van der Waals surface area contributed by atoms with Gasteiger partial charge in [-0.3, -0.25) is 9.69 Å². The average Bonchev–Trinajstić information content (AvgIpc) is 2.52. The van der Waals surface area contributed by atoms with Gasteiger partial charge in [-0.25, -0.2) is 9.78 Å². The van der Waals surface area contributed by atoms with E-state index in [1.165, 1.54) is 16.5 Å². The fourth-order valence-electron chi connectivity index (χ4n) is 1.77. The van der Waals surface area contributed by atoms with Crippen molar-refractivity contribution in [1.82, 2.24) is 10.3 Å². The number of fused-ring (bicyclic) bond motifs is 1. The van der Waals surface area contributed by atoms with Gasteiger partial charge in [0.25, 0.3) is 5.91 Å². The predicted molar refractivity (Wildman–Crippen MR) is 76.9 cm³/mol. The van der Waals surface area contributed by atoms with Crippen molar-refractivity contribution >= 4 is 17.7 Å². The number of aliphatic carboxylic acids is 1. The maximum absolute atomic E-state index is 11.4. The monoisotopic (exact) mass is 331 g/mol. The van der Waals surface area contributed by atoms with Gasteiger partial charge < -0.3 is 10.4 Å². The summed E-state index contributed by atoms with van der Waals surface area (Å²) in [7, 11) is 1.70. The second kappa shape index (κ2) is 7.73. The van der Waals surface area contributed by atoms with Gasteiger partial charge in [0.1, 0.15) is 5.82 Å². The minimum Gasteiger partial charge on any atom is -0.475 e. The van der Waals surface area contributed by atoms with Crippen LogP contribution in [0.25, 0.3) is 0 Å². The number of hydrogen-bond acceptors (Lipinski definition) is 4. The van der Waals surface area contributed by atoms with Crippen LogP contribution < -0.4 is 10.2 Å². The molecule has 1 amide bonds. The molecule has 2 rings (SSSR count). The molecule has 0 spiro atoms. The zero-order valence-corrected chi connectivity index (χ0v) is 12.4. The summed E-state index contributed by atoms with van der Waals surface area (Å²) in [6.45, 7) is 5.24. The molecule has 0 bridgehead atoms. The number of anilines is 1. The van der Waals surface area contributed by atoms with Gasteiger partial charge in [0.05, 0.1) is 5.69 Å². The second-order valence-electron chi connectivity index (χ2n) is 4.61. The third-order valence-corrected chi connectivity index (χ3v) is 3.01. The van der Waals surface area contributed by atoms with Crippen LogP contribution in [-0.2, 0) is 22.6 Å². The summed E-state index contributed by atoms with van der Waals surface area (Å²) < 4.78 is 31.7. The maximum atomic E-state index is 11.4. The third-order valence-electron chi connectivity index (χ3n) is 3.01. The Morgan fingerprint density at radius 2 is 2.04 bits per heavy atom. The highest BCUT2D eigenvalue weighted by Crippen LogP contribution is 2.17. The lowest BCUT2D eigenvalue weighted by molar-refractivity contribution is -0.192. The molecule has 0 aliphatic carbocycles. The molecule has 0 fully saturated rings. The average molecular weight is 331 g/mol. The van der Waals surface area contributed by atoms with Crippen LogP contribution >= 0.6 is 0 Å². The Morgan fingerprint density at radius 1 is 1.43 bits per heavy atom. The molecule has 126 valence electrons. The Balaban J connectivity index is 0.000000322. The van der Waals surface area contributed by atoms with E-state index >= 15 is 0 Å². The van der Waals surface area contributed by atoms with Crippen molar-refractivity contribution in [3.05, 3.63) is 36.0 Å². The summed E-state index contributed by atoms with van der Waals surface area (Å²) >= 11 is 0. The summed E-state index contributed by atoms with van der Waals surface area (Å²) in [5, 5.41) is 10.4. The normalized spacial score (nSPS) is 13.2. The number of hydrogen-bond donors (Lipinski definition) is 2. The van der Waals surface area contributed by atoms with E-state index < -0.39 is 12.1 Å². The SMILES string of the molecule is C=CC(=O)N(C)c1ccc2c(n1)CNCC2.O=C(O)C(F)(F)F. The smallest absolute Gasteiger partial charge is 0.475 e. The minimum absolute atomic E-state index is 0.142. The largest absolute Gasteiger partial charge is 0.490 e. The second-order valence-corrected chi connectivity index (χ2v) is 4.61. The summed E-state index contributed by atoms with van der Waals surface area (Å²) in [6.07, 6.45) is -2.79. The molecule has 2 heterocycles. The van der Waals surface area contributed by atoms with E-state index in [1.54, 1.807) is 7.05 Å². The van der Waals surface area contributed by atoms with E-state index in [9.17, 15) is 18.0 Å². The van der Waals surface area contributed by atoms with Crippen molar-refractivity contribution in [2.24, 2.45) is 0 Å². The lowest BCUT2D eigenvalue weighted by atomic mass is 10.1. The highest BCUT2D eigenvalue weighted by atomic mass is 19.4. The van der Waals surface area contributed by atoms with E-state index in [2.05, 4.69) is 16.9 Å². The van der Waals surface area contributed by atoms with Crippen LogP contribution in [-0.4, -0.2) is 41.7 Å². The number of carboxylic acids is 1. The number of rotatable bonds is 2. The Labute approximate surface area is 130 Å². The highest BCUT2D eigenvalue weighted by molar-refractivity contribution is 5.99. The fourth-order valence-corrected chi connectivity index (χ4v) is 1.77. The molecule has 0 saturated carbocycles. The number of amides is 1. The first kappa shape index (κ1) is 18.6. The summed E-state index contributed by atoms with van der Waals surface area (Å²) in [5.41, 5.74) is 2.30. The van der Waals surface area contributed by atoms with Gasteiger partial charge in [0, 0.05) is 13.6 Å². The number of carboxylic acid groups (broad SMARTS) is 1. The van der Waals surface area contributed by atoms with Crippen LogP contribution in [0, 0.1) is 0 Å². The Kier molecular flexibility index (Phi) is 6.26. The molecule has 0 aromatic carbocycles. The zero-order chi connectivity index (χ0) is 17.6. The molecular weight excluding hydrogens is 315 g/mol. The van der Waals surface area contributed by atoms with E-state index in [0.29, 0.717) is 5.82 Å². The van der Waals surface area contributed by atoms with Crippen LogP contribution in [0.15, 0.2) is 24.8 Å². The molecule has 1 aromatic rings. The zero-order valence-electron chi connectivity index (χ0n) is 12.4. The Morgan fingerprint density at radius 3 is 2.57 bits per heavy atom. The quantitative estimate of drug-likeness (QED) is 0.803. The van der Waals surface area contributed by atoms with Crippen LogP contribution in [0.4, 0.5) is 19.0 Å². The first-order valence-electron chi connectivity index (χ1n) is 6.56. The number of pyridine rings is 1. The van der Waals surface area contributed by atoms with Gasteiger partial charge in [-0.05, 0) is 30.7 Å². The molecule has 1 aliphatic rings. The predicted octanol–water partition coefficient (Wildman–Crippen LogP) is 1.51. The van der Waals surface area contributed by atoms with Crippen molar-refractivity contribution in [2.45, 2.75) is 19.1 Å². The van der Waals surface area contributed by atoms with E-state index in [4.69, 9.17) is 9.90 Å². The number of likely N-dealkylation sites (N-methyl/N-ethyl adjacent to an activating group) is 1. The fraction of sp³-hybridized carbons (Fsp3) is 0.357. The van der Waals surface area contributed by atoms with Crippen LogP contribution in [0.1, 0.15) is 11.3 Å². The van der Waals surface area contributed by atoms with E-state index in [0.717, 1.165) is 25.2 Å². The number of carbonyl (C=O) groups excluding carboxylic acids is 1. The van der Waals surface area contributed by atoms with Crippen molar-refractivity contribution < 1.29 is 27.9 Å². The van der Waals surface area contributed by atoms with Crippen LogP contribution in [0.2, 0.25) is 0 Å². The summed E-state index contributed by atoms with van der Waals surface area (Å²) in [5.74, 6) is -2.23. The minimum atomic E-state index is -5.08. The Bertz CT molecular complexity index is 603. The van der Waals surface area contributed by atoms with Gasteiger partial charge in [-0.15, -0.1) is 0 Å². The van der Waals surface area contributed by atoms with Gasteiger partial charge >= 0.3 is 12.1 Å². The topological polar surface area (TPSA) is 82.5 Å². The molecule has 23 heavy (non-hydrogen) atoms. The molecule has 2 N–H and O–H groups in total. The van der Waals surface area contributed by atoms with Gasteiger partial charge in [-0.2, -0.15) is 13.2 Å². The highest BCUT2D eigenvalue weighted by Gasteiger charge is 2.38. The Hall–Kier alpha value is -2.42. The van der Waals surface area contributed by atoms with Gasteiger partial charge in [0.2, 0.25) is 0 Å².